The Labute approximate surface area is 170 Å². The van der Waals surface area contributed by atoms with Gasteiger partial charge in [-0.2, -0.15) is 0 Å². The standard InChI is InChI=1S/C22H26N2O5/c1-15(2)12-13-28-20-10-4-17(5-11-20)22(27)29-14-21(26)24-19-8-6-18(7-9-19)23-16(3)25/h4-11,15H,12-14H2,1-3H3,(H,23,25)(H,24,26). The Morgan fingerprint density at radius 3 is 2.03 bits per heavy atom. The van der Waals surface area contributed by atoms with Gasteiger partial charge in [-0.05, 0) is 60.9 Å². The number of amides is 2. The third-order valence-electron chi connectivity index (χ3n) is 3.88. The van der Waals surface area contributed by atoms with Gasteiger partial charge in [0, 0.05) is 18.3 Å². The number of benzene rings is 2. The number of carbonyl (C=O) groups is 3. The molecule has 0 radical (unpaired) electrons. The van der Waals surface area contributed by atoms with Crippen molar-refractivity contribution < 1.29 is 23.9 Å². The van der Waals surface area contributed by atoms with Gasteiger partial charge < -0.3 is 20.1 Å². The van der Waals surface area contributed by atoms with Gasteiger partial charge in [-0.25, -0.2) is 4.79 Å². The summed E-state index contributed by atoms with van der Waals surface area (Å²) in [5, 5.41) is 5.26. The van der Waals surface area contributed by atoms with Crippen LogP contribution in [0.15, 0.2) is 48.5 Å². The molecule has 154 valence electrons. The van der Waals surface area contributed by atoms with Crippen LogP contribution in [-0.4, -0.2) is 31.0 Å². The van der Waals surface area contributed by atoms with Crippen LogP contribution in [0.5, 0.6) is 5.75 Å². The highest BCUT2D eigenvalue weighted by atomic mass is 16.5. The minimum atomic E-state index is -0.588. The zero-order chi connectivity index (χ0) is 21.2. The lowest BCUT2D eigenvalue weighted by Gasteiger charge is -2.09. The van der Waals surface area contributed by atoms with Crippen molar-refractivity contribution in [3.8, 4) is 5.75 Å². The summed E-state index contributed by atoms with van der Waals surface area (Å²) < 4.78 is 10.6. The van der Waals surface area contributed by atoms with E-state index in [0.29, 0.717) is 35.2 Å². The van der Waals surface area contributed by atoms with Crippen LogP contribution in [0, 0.1) is 5.92 Å². The molecule has 2 N–H and O–H groups in total. The Morgan fingerprint density at radius 2 is 1.48 bits per heavy atom. The quantitative estimate of drug-likeness (QED) is 0.626. The van der Waals surface area contributed by atoms with Crippen LogP contribution >= 0.6 is 0 Å². The van der Waals surface area contributed by atoms with Crippen LogP contribution in [0.1, 0.15) is 37.6 Å². The maximum Gasteiger partial charge on any atom is 0.338 e. The van der Waals surface area contributed by atoms with Crippen molar-refractivity contribution in [3.63, 3.8) is 0 Å². The molecule has 0 saturated carbocycles. The summed E-state index contributed by atoms with van der Waals surface area (Å²) in [6, 6.07) is 13.2. The predicted molar refractivity (Wildman–Crippen MR) is 111 cm³/mol. The molecule has 0 aromatic heterocycles. The normalized spacial score (nSPS) is 10.3. The Balaban J connectivity index is 1.77. The van der Waals surface area contributed by atoms with Crippen LogP contribution in [0.2, 0.25) is 0 Å². The van der Waals surface area contributed by atoms with Crippen LogP contribution < -0.4 is 15.4 Å². The summed E-state index contributed by atoms with van der Waals surface area (Å²) in [6.07, 6.45) is 0.953. The second kappa shape index (κ2) is 10.8. The molecular weight excluding hydrogens is 372 g/mol. The van der Waals surface area contributed by atoms with E-state index in [4.69, 9.17) is 9.47 Å². The Bertz CT molecular complexity index is 829. The van der Waals surface area contributed by atoms with E-state index in [2.05, 4.69) is 24.5 Å². The Morgan fingerprint density at radius 1 is 0.897 bits per heavy atom. The maximum atomic E-state index is 12.1. The monoisotopic (exact) mass is 398 g/mol. The topological polar surface area (TPSA) is 93.7 Å². The van der Waals surface area contributed by atoms with Gasteiger partial charge in [-0.15, -0.1) is 0 Å². The molecule has 0 bridgehead atoms. The van der Waals surface area contributed by atoms with Crippen molar-refractivity contribution in [1.82, 2.24) is 0 Å². The van der Waals surface area contributed by atoms with Gasteiger partial charge >= 0.3 is 5.97 Å². The van der Waals surface area contributed by atoms with Gasteiger partial charge in [0.15, 0.2) is 6.61 Å². The molecule has 2 aromatic rings. The molecule has 0 aliphatic rings. The highest BCUT2D eigenvalue weighted by Crippen LogP contribution is 2.15. The Kier molecular flexibility index (Phi) is 8.21. The molecule has 0 spiro atoms. The zero-order valence-corrected chi connectivity index (χ0v) is 16.9. The van der Waals surface area contributed by atoms with E-state index in [1.165, 1.54) is 6.92 Å². The van der Waals surface area contributed by atoms with Gasteiger partial charge in [-0.3, -0.25) is 9.59 Å². The number of hydrogen-bond donors (Lipinski definition) is 2. The average Bonchev–Trinajstić information content (AvgIpc) is 2.67. The third kappa shape index (κ3) is 8.04. The van der Waals surface area contributed by atoms with Crippen molar-refractivity contribution in [2.75, 3.05) is 23.8 Å². The van der Waals surface area contributed by atoms with Gasteiger partial charge in [0.05, 0.1) is 12.2 Å². The molecule has 7 heteroatoms. The maximum absolute atomic E-state index is 12.1. The van der Waals surface area contributed by atoms with Crippen LogP contribution in [0.3, 0.4) is 0 Å². The molecule has 2 amide bonds. The highest BCUT2D eigenvalue weighted by Gasteiger charge is 2.11. The molecule has 2 aromatic carbocycles. The molecule has 0 heterocycles. The highest BCUT2D eigenvalue weighted by molar-refractivity contribution is 5.96. The SMILES string of the molecule is CC(=O)Nc1ccc(NC(=O)COC(=O)c2ccc(OCCC(C)C)cc2)cc1. The van der Waals surface area contributed by atoms with Gasteiger partial charge in [0.1, 0.15) is 5.75 Å². The lowest BCUT2D eigenvalue weighted by atomic mass is 10.1. The first-order valence-corrected chi connectivity index (χ1v) is 9.41. The first-order valence-electron chi connectivity index (χ1n) is 9.41. The van der Waals surface area contributed by atoms with E-state index < -0.39 is 18.5 Å². The van der Waals surface area contributed by atoms with Crippen molar-refractivity contribution >= 4 is 29.2 Å². The summed E-state index contributed by atoms with van der Waals surface area (Å²) in [5.74, 6) is 0.0196. The fraction of sp³-hybridized carbons (Fsp3) is 0.318. The first-order chi connectivity index (χ1) is 13.8. The smallest absolute Gasteiger partial charge is 0.338 e. The number of rotatable bonds is 9. The number of esters is 1. The third-order valence-corrected chi connectivity index (χ3v) is 3.88. The minimum Gasteiger partial charge on any atom is -0.494 e. The van der Waals surface area contributed by atoms with Crippen molar-refractivity contribution in [2.45, 2.75) is 27.2 Å². The van der Waals surface area contributed by atoms with E-state index in [0.717, 1.165) is 6.42 Å². The summed E-state index contributed by atoms with van der Waals surface area (Å²) >= 11 is 0. The van der Waals surface area contributed by atoms with Gasteiger partial charge in [-0.1, -0.05) is 13.8 Å². The van der Waals surface area contributed by atoms with E-state index in [9.17, 15) is 14.4 Å². The molecule has 0 atom stereocenters. The number of anilines is 2. The van der Waals surface area contributed by atoms with Crippen LogP contribution in [0.25, 0.3) is 0 Å². The molecule has 0 aliphatic heterocycles. The fourth-order valence-electron chi connectivity index (χ4n) is 2.35. The Hall–Kier alpha value is -3.35. The van der Waals surface area contributed by atoms with Gasteiger partial charge in [0.2, 0.25) is 5.91 Å². The number of hydrogen-bond acceptors (Lipinski definition) is 5. The molecule has 2 rings (SSSR count). The van der Waals surface area contributed by atoms with E-state index in [-0.39, 0.29) is 5.91 Å². The second-order valence-corrected chi connectivity index (χ2v) is 6.94. The van der Waals surface area contributed by atoms with Crippen LogP contribution in [0.4, 0.5) is 11.4 Å². The van der Waals surface area contributed by atoms with E-state index >= 15 is 0 Å². The average molecular weight is 398 g/mol. The summed E-state index contributed by atoms with van der Waals surface area (Å²) in [5.41, 5.74) is 1.50. The molecule has 0 fully saturated rings. The van der Waals surface area contributed by atoms with Crippen LogP contribution in [-0.2, 0) is 14.3 Å². The number of ether oxygens (including phenoxy) is 2. The fourth-order valence-corrected chi connectivity index (χ4v) is 2.35. The lowest BCUT2D eigenvalue weighted by molar-refractivity contribution is -0.119. The van der Waals surface area contributed by atoms with E-state index in [1.54, 1.807) is 48.5 Å². The molecular formula is C22H26N2O5. The van der Waals surface area contributed by atoms with Gasteiger partial charge in [0.25, 0.3) is 5.91 Å². The first kappa shape index (κ1) is 21.9. The summed E-state index contributed by atoms with van der Waals surface area (Å²) in [7, 11) is 0. The number of nitrogens with one attached hydrogen (secondary N) is 2. The molecule has 29 heavy (non-hydrogen) atoms. The number of carbonyl (C=O) groups excluding carboxylic acids is 3. The molecule has 7 nitrogen and oxygen atoms in total. The van der Waals surface area contributed by atoms with E-state index in [1.807, 2.05) is 0 Å². The second-order valence-electron chi connectivity index (χ2n) is 6.94. The largest absolute Gasteiger partial charge is 0.494 e. The summed E-state index contributed by atoms with van der Waals surface area (Å²) in [4.78, 5) is 35.0. The summed E-state index contributed by atoms with van der Waals surface area (Å²) in [6.45, 7) is 5.88. The minimum absolute atomic E-state index is 0.177. The van der Waals surface area contributed by atoms with Crippen molar-refractivity contribution in [2.24, 2.45) is 5.92 Å². The molecule has 0 saturated heterocycles. The zero-order valence-electron chi connectivity index (χ0n) is 16.9. The van der Waals surface area contributed by atoms with Crippen molar-refractivity contribution in [1.29, 1.82) is 0 Å². The predicted octanol–water partition coefficient (Wildman–Crippen LogP) is 3.87. The molecule has 0 aliphatic carbocycles. The van der Waals surface area contributed by atoms with Crippen molar-refractivity contribution in [3.05, 3.63) is 54.1 Å². The molecule has 0 unspecified atom stereocenters. The lowest BCUT2D eigenvalue weighted by Crippen LogP contribution is -2.21.